The van der Waals surface area contributed by atoms with Crippen LogP contribution in [0.2, 0.25) is 0 Å². The highest BCUT2D eigenvalue weighted by molar-refractivity contribution is 5.94. The molecule has 0 N–H and O–H groups in total. The third kappa shape index (κ3) is 5.54. The van der Waals surface area contributed by atoms with Crippen molar-refractivity contribution in [3.8, 4) is 17.1 Å². The first kappa shape index (κ1) is 22.4. The van der Waals surface area contributed by atoms with Gasteiger partial charge in [0.25, 0.3) is 5.91 Å². The first-order valence-electron chi connectivity index (χ1n) is 10.9. The normalized spacial score (nSPS) is 13.8. The summed E-state index contributed by atoms with van der Waals surface area (Å²) in [6.45, 7) is 4.19. The van der Waals surface area contributed by atoms with Gasteiger partial charge >= 0.3 is 0 Å². The monoisotopic (exact) mass is 452 g/mol. The Morgan fingerprint density at radius 3 is 2.48 bits per heavy atom. The maximum absolute atomic E-state index is 13.4. The van der Waals surface area contributed by atoms with Crippen molar-refractivity contribution in [3.63, 3.8) is 0 Å². The Hall–Kier alpha value is -3.75. The summed E-state index contributed by atoms with van der Waals surface area (Å²) in [7, 11) is 0. The molecule has 0 atom stereocenters. The van der Waals surface area contributed by atoms with Crippen LogP contribution in [0.25, 0.3) is 11.4 Å². The van der Waals surface area contributed by atoms with Crippen LogP contribution in [-0.2, 0) is 11.2 Å². The van der Waals surface area contributed by atoms with E-state index < -0.39 is 5.82 Å². The van der Waals surface area contributed by atoms with Crippen LogP contribution >= 0.6 is 0 Å². The molecule has 3 aromatic rings. The van der Waals surface area contributed by atoms with Gasteiger partial charge in [-0.05, 0) is 49.4 Å². The van der Waals surface area contributed by atoms with E-state index in [-0.39, 0.29) is 18.2 Å². The second-order valence-electron chi connectivity index (χ2n) is 7.65. The fourth-order valence-electron chi connectivity index (χ4n) is 3.68. The molecule has 2 amide bonds. The standard InChI is InChI=1S/C24H25FN4O4/c1-2-32-20-8-6-17(7-9-20)23-26-21(33-27-23)10-11-22(30)28-12-14-29(15-13-28)24(31)18-4-3-5-19(25)16-18/h3-9,16H,2,10-15H2,1H3. The molecule has 9 heteroatoms. The fraction of sp³-hybridized carbons (Fsp3) is 0.333. The summed E-state index contributed by atoms with van der Waals surface area (Å²) >= 11 is 0. The highest BCUT2D eigenvalue weighted by atomic mass is 19.1. The number of piperazine rings is 1. The number of hydrogen-bond acceptors (Lipinski definition) is 6. The largest absolute Gasteiger partial charge is 0.494 e. The average Bonchev–Trinajstić information content (AvgIpc) is 3.32. The van der Waals surface area contributed by atoms with Gasteiger partial charge in [0, 0.05) is 50.1 Å². The predicted octanol–water partition coefficient (Wildman–Crippen LogP) is 3.19. The summed E-state index contributed by atoms with van der Waals surface area (Å²) < 4.78 is 24.1. The lowest BCUT2D eigenvalue weighted by Gasteiger charge is -2.34. The Kier molecular flexibility index (Phi) is 6.97. The molecule has 1 aromatic heterocycles. The second kappa shape index (κ2) is 10.2. The van der Waals surface area contributed by atoms with Crippen molar-refractivity contribution < 1.29 is 23.2 Å². The topological polar surface area (TPSA) is 88.8 Å². The molecule has 4 rings (SSSR count). The van der Waals surface area contributed by atoms with E-state index in [9.17, 15) is 14.0 Å². The molecule has 0 radical (unpaired) electrons. The molecular weight excluding hydrogens is 427 g/mol. The maximum atomic E-state index is 13.4. The van der Waals surface area contributed by atoms with Crippen molar-refractivity contribution >= 4 is 11.8 Å². The number of benzene rings is 2. The molecule has 1 aliphatic heterocycles. The number of carbonyl (C=O) groups is 2. The first-order valence-corrected chi connectivity index (χ1v) is 10.9. The van der Waals surface area contributed by atoms with Crippen LogP contribution in [0.1, 0.15) is 29.6 Å². The van der Waals surface area contributed by atoms with Crippen LogP contribution in [0.3, 0.4) is 0 Å². The van der Waals surface area contributed by atoms with Gasteiger partial charge in [-0.2, -0.15) is 4.98 Å². The summed E-state index contributed by atoms with van der Waals surface area (Å²) in [6.07, 6.45) is 0.577. The van der Waals surface area contributed by atoms with Crippen molar-refractivity contribution in [3.05, 3.63) is 65.8 Å². The van der Waals surface area contributed by atoms with Crippen molar-refractivity contribution in [2.75, 3.05) is 32.8 Å². The minimum Gasteiger partial charge on any atom is -0.494 e. The van der Waals surface area contributed by atoms with Gasteiger partial charge in [0.15, 0.2) is 0 Å². The molecule has 2 heterocycles. The summed E-state index contributed by atoms with van der Waals surface area (Å²) in [6, 6.07) is 13.0. The van der Waals surface area contributed by atoms with Crippen LogP contribution in [0.4, 0.5) is 4.39 Å². The van der Waals surface area contributed by atoms with E-state index in [1.807, 2.05) is 31.2 Å². The van der Waals surface area contributed by atoms with Gasteiger partial charge < -0.3 is 19.1 Å². The van der Waals surface area contributed by atoms with Gasteiger partial charge in [-0.3, -0.25) is 9.59 Å². The van der Waals surface area contributed by atoms with Crippen LogP contribution in [-0.4, -0.2) is 64.5 Å². The molecule has 1 aliphatic rings. The molecule has 1 fully saturated rings. The number of rotatable bonds is 7. The van der Waals surface area contributed by atoms with Crippen molar-refractivity contribution in [1.29, 1.82) is 0 Å². The number of ether oxygens (including phenoxy) is 1. The van der Waals surface area contributed by atoms with E-state index in [0.717, 1.165) is 11.3 Å². The zero-order valence-corrected chi connectivity index (χ0v) is 18.4. The van der Waals surface area contributed by atoms with Gasteiger partial charge in [-0.15, -0.1) is 0 Å². The third-order valence-corrected chi connectivity index (χ3v) is 5.44. The molecule has 0 saturated carbocycles. The smallest absolute Gasteiger partial charge is 0.254 e. The Morgan fingerprint density at radius 1 is 1.06 bits per heavy atom. The van der Waals surface area contributed by atoms with E-state index in [0.29, 0.717) is 56.5 Å². The SMILES string of the molecule is CCOc1ccc(-c2noc(CCC(=O)N3CCN(C(=O)c4cccc(F)c4)CC3)n2)cc1. The molecule has 0 spiro atoms. The number of aromatic nitrogens is 2. The second-order valence-corrected chi connectivity index (χ2v) is 7.65. The Bertz CT molecular complexity index is 1110. The highest BCUT2D eigenvalue weighted by Gasteiger charge is 2.25. The molecule has 0 unspecified atom stereocenters. The number of halogens is 1. The van der Waals surface area contributed by atoms with E-state index in [2.05, 4.69) is 10.1 Å². The Balaban J connectivity index is 1.26. The van der Waals surface area contributed by atoms with Crippen molar-refractivity contribution in [1.82, 2.24) is 19.9 Å². The third-order valence-electron chi connectivity index (χ3n) is 5.44. The summed E-state index contributed by atoms with van der Waals surface area (Å²) in [5.74, 6) is 0.926. The number of carbonyl (C=O) groups excluding carboxylic acids is 2. The molecular formula is C24H25FN4O4. The maximum Gasteiger partial charge on any atom is 0.254 e. The van der Waals surface area contributed by atoms with Gasteiger partial charge in [-0.1, -0.05) is 11.2 Å². The number of hydrogen-bond donors (Lipinski definition) is 0. The minimum atomic E-state index is -0.443. The van der Waals surface area contributed by atoms with Gasteiger partial charge in [0.2, 0.25) is 17.6 Å². The van der Waals surface area contributed by atoms with E-state index in [1.165, 1.54) is 18.2 Å². The lowest BCUT2D eigenvalue weighted by molar-refractivity contribution is -0.132. The molecule has 33 heavy (non-hydrogen) atoms. The van der Waals surface area contributed by atoms with E-state index >= 15 is 0 Å². The lowest BCUT2D eigenvalue weighted by atomic mass is 10.1. The molecule has 172 valence electrons. The molecule has 8 nitrogen and oxygen atoms in total. The molecule has 2 aromatic carbocycles. The fourth-order valence-corrected chi connectivity index (χ4v) is 3.68. The highest BCUT2D eigenvalue weighted by Crippen LogP contribution is 2.20. The predicted molar refractivity (Wildman–Crippen MR) is 118 cm³/mol. The Labute approximate surface area is 190 Å². The Morgan fingerprint density at radius 2 is 1.79 bits per heavy atom. The van der Waals surface area contributed by atoms with E-state index in [1.54, 1.807) is 15.9 Å². The molecule has 1 saturated heterocycles. The van der Waals surface area contributed by atoms with Crippen LogP contribution in [0.15, 0.2) is 53.1 Å². The zero-order chi connectivity index (χ0) is 23.2. The lowest BCUT2D eigenvalue weighted by Crippen LogP contribution is -2.50. The number of aryl methyl sites for hydroxylation is 1. The summed E-state index contributed by atoms with van der Waals surface area (Å²) in [5, 5.41) is 3.99. The number of nitrogens with zero attached hydrogens (tertiary/aromatic N) is 4. The van der Waals surface area contributed by atoms with Crippen LogP contribution in [0.5, 0.6) is 5.75 Å². The van der Waals surface area contributed by atoms with Crippen molar-refractivity contribution in [2.45, 2.75) is 19.8 Å². The van der Waals surface area contributed by atoms with Crippen LogP contribution in [0, 0.1) is 5.82 Å². The van der Waals surface area contributed by atoms with Gasteiger partial charge in [0.05, 0.1) is 6.61 Å². The van der Waals surface area contributed by atoms with Gasteiger partial charge in [0.1, 0.15) is 11.6 Å². The first-order chi connectivity index (χ1) is 16.0. The van der Waals surface area contributed by atoms with Crippen LogP contribution < -0.4 is 4.74 Å². The average molecular weight is 452 g/mol. The summed E-state index contributed by atoms with van der Waals surface area (Å²) in [4.78, 5) is 32.9. The van der Waals surface area contributed by atoms with Gasteiger partial charge in [-0.25, -0.2) is 4.39 Å². The van der Waals surface area contributed by atoms with Crippen molar-refractivity contribution in [2.24, 2.45) is 0 Å². The van der Waals surface area contributed by atoms with E-state index in [4.69, 9.17) is 9.26 Å². The molecule has 0 bridgehead atoms. The molecule has 0 aliphatic carbocycles. The zero-order valence-electron chi connectivity index (χ0n) is 18.4. The number of amides is 2. The minimum absolute atomic E-state index is 0.0336. The quantitative estimate of drug-likeness (QED) is 0.547. The summed E-state index contributed by atoms with van der Waals surface area (Å²) in [5.41, 5.74) is 1.12.